The van der Waals surface area contributed by atoms with Gasteiger partial charge in [0.15, 0.2) is 0 Å². The second-order valence-electron chi connectivity index (χ2n) is 3.02. The van der Waals surface area contributed by atoms with Crippen molar-refractivity contribution in [2.75, 3.05) is 0 Å². The van der Waals surface area contributed by atoms with Crippen LogP contribution in [0.25, 0.3) is 5.53 Å². The van der Waals surface area contributed by atoms with E-state index in [9.17, 15) is 4.79 Å². The maximum absolute atomic E-state index is 11.6. The molecule has 0 atom stereocenters. The summed E-state index contributed by atoms with van der Waals surface area (Å²) in [7, 11) is 0. The van der Waals surface area contributed by atoms with Crippen molar-refractivity contribution in [2.45, 2.75) is 12.8 Å². The van der Waals surface area contributed by atoms with Gasteiger partial charge in [-0.3, -0.25) is 4.79 Å². The van der Waals surface area contributed by atoms with Gasteiger partial charge in [0.2, 0.25) is 0 Å². The smallest absolute Gasteiger partial charge is 0.343 e. The first-order valence-corrected chi connectivity index (χ1v) is 4.15. The van der Waals surface area contributed by atoms with Crippen molar-refractivity contribution < 1.29 is 9.58 Å². The number of Topliss-reactive ketones (excluding diaryl/α,β-unsaturated/α-hetero) is 1. The highest BCUT2D eigenvalue weighted by Crippen LogP contribution is 2.25. The van der Waals surface area contributed by atoms with Crippen LogP contribution < -0.4 is 0 Å². The number of nitrogens with zero attached hydrogens (tertiary/aromatic N) is 2. The quantitative estimate of drug-likeness (QED) is 0.403. The van der Waals surface area contributed by atoms with Gasteiger partial charge in [-0.25, -0.2) is 0 Å². The zero-order valence-corrected chi connectivity index (χ0v) is 7.03. The molecule has 64 valence electrons. The first kappa shape index (κ1) is 7.90. The molecule has 0 fully saturated rings. The summed E-state index contributed by atoms with van der Waals surface area (Å²) in [4.78, 5) is 14.5. The summed E-state index contributed by atoms with van der Waals surface area (Å²) in [5.74, 6) is -0.149. The summed E-state index contributed by atoms with van der Waals surface area (Å²) in [6.07, 6.45) is 8.80. The van der Waals surface area contributed by atoms with Crippen LogP contribution >= 0.6 is 0 Å². The number of allylic oxidation sites excluding steroid dienone is 6. The highest BCUT2D eigenvalue weighted by Gasteiger charge is 2.29. The van der Waals surface area contributed by atoms with Crippen molar-refractivity contribution in [3.8, 4) is 0 Å². The molecule has 0 aromatic rings. The highest BCUT2D eigenvalue weighted by molar-refractivity contribution is 6.46. The van der Waals surface area contributed by atoms with E-state index in [4.69, 9.17) is 5.53 Å². The number of hydrogen-bond acceptors (Lipinski definition) is 1. The fraction of sp³-hybridized carbons (Fsp3) is 0.200. The zero-order valence-electron chi connectivity index (χ0n) is 7.03. The van der Waals surface area contributed by atoms with E-state index >= 15 is 0 Å². The predicted octanol–water partition coefficient (Wildman–Crippen LogP) is 1.44. The Kier molecular flexibility index (Phi) is 1.80. The largest absolute Gasteiger partial charge is 0.361 e. The summed E-state index contributed by atoms with van der Waals surface area (Å²) >= 11 is 0. The van der Waals surface area contributed by atoms with Crippen LogP contribution in [-0.2, 0) is 4.79 Å². The molecule has 3 nitrogen and oxygen atoms in total. The molecule has 0 unspecified atom stereocenters. The molecule has 0 aliphatic heterocycles. The van der Waals surface area contributed by atoms with E-state index in [0.29, 0.717) is 12.0 Å². The van der Waals surface area contributed by atoms with Crippen molar-refractivity contribution in [3.05, 3.63) is 41.0 Å². The van der Waals surface area contributed by atoms with E-state index in [1.165, 1.54) is 0 Å². The molecule has 2 rings (SSSR count). The average molecular weight is 172 g/mol. The van der Waals surface area contributed by atoms with Crippen LogP contribution in [0.15, 0.2) is 35.5 Å². The van der Waals surface area contributed by atoms with Gasteiger partial charge in [-0.05, 0) is 12.0 Å². The van der Waals surface area contributed by atoms with E-state index < -0.39 is 0 Å². The number of carbonyl (C=O) groups is 1. The Morgan fingerprint density at radius 2 is 2.23 bits per heavy atom. The summed E-state index contributed by atoms with van der Waals surface area (Å²) in [5, 5.41) is 0. The van der Waals surface area contributed by atoms with Crippen molar-refractivity contribution >= 4 is 11.5 Å². The molecule has 0 aromatic heterocycles. The summed E-state index contributed by atoms with van der Waals surface area (Å²) in [5.41, 5.74) is 10.5. The Labute approximate surface area is 75.7 Å². The summed E-state index contributed by atoms with van der Waals surface area (Å²) in [6, 6.07) is 0. The lowest BCUT2D eigenvalue weighted by Crippen LogP contribution is -2.22. The molecule has 2 aliphatic rings. The molecular formula is C10H8N2O. The Bertz CT molecular complexity index is 407. The van der Waals surface area contributed by atoms with Crippen LogP contribution in [0.1, 0.15) is 12.8 Å². The van der Waals surface area contributed by atoms with Crippen molar-refractivity contribution in [3.63, 3.8) is 0 Å². The van der Waals surface area contributed by atoms with Gasteiger partial charge in [0.25, 0.3) is 5.78 Å². The standard InChI is InChI=1S/C10H8N2O/c11-12-9-6-5-7-3-1-2-4-8(7)10(9)13/h1-2,4-5H,3,6H2. The molecule has 0 saturated carbocycles. The second kappa shape index (κ2) is 2.96. The van der Waals surface area contributed by atoms with Crippen LogP contribution in [0.2, 0.25) is 0 Å². The highest BCUT2D eigenvalue weighted by atomic mass is 16.1. The lowest BCUT2D eigenvalue weighted by atomic mass is 9.86. The normalized spacial score (nSPS) is 20.3. The Morgan fingerprint density at radius 3 is 3.00 bits per heavy atom. The number of rotatable bonds is 0. The average Bonchev–Trinajstić information content (AvgIpc) is 2.19. The number of carbonyl (C=O) groups excluding carboxylic acids is 1. The lowest BCUT2D eigenvalue weighted by Gasteiger charge is -2.13. The van der Waals surface area contributed by atoms with Gasteiger partial charge in [0.1, 0.15) is 0 Å². The molecule has 0 spiro atoms. The van der Waals surface area contributed by atoms with Gasteiger partial charge in [-0.2, -0.15) is 4.79 Å². The Hall–Kier alpha value is -1.73. The van der Waals surface area contributed by atoms with E-state index in [1.54, 1.807) is 6.08 Å². The van der Waals surface area contributed by atoms with E-state index in [0.717, 1.165) is 12.0 Å². The molecule has 0 N–H and O–H groups in total. The van der Waals surface area contributed by atoms with Gasteiger partial charge in [-0.15, -0.1) is 0 Å². The zero-order chi connectivity index (χ0) is 9.26. The molecule has 0 amide bonds. The molecule has 3 heteroatoms. The Morgan fingerprint density at radius 1 is 1.38 bits per heavy atom. The van der Waals surface area contributed by atoms with Crippen LogP contribution in [0.5, 0.6) is 0 Å². The molecule has 0 bridgehead atoms. The number of ketones is 1. The number of hydrogen-bond donors (Lipinski definition) is 0. The van der Waals surface area contributed by atoms with E-state index in [-0.39, 0.29) is 11.5 Å². The predicted molar refractivity (Wildman–Crippen MR) is 48.2 cm³/mol. The minimum Gasteiger partial charge on any atom is -0.361 e. The molecule has 2 aliphatic carbocycles. The first-order chi connectivity index (χ1) is 6.33. The fourth-order valence-electron chi connectivity index (χ4n) is 1.55. The minimum absolute atomic E-state index is 0.149. The molecule has 0 saturated heterocycles. The fourth-order valence-corrected chi connectivity index (χ4v) is 1.55. The molecule has 0 aromatic carbocycles. The summed E-state index contributed by atoms with van der Waals surface area (Å²) in [6.45, 7) is 0. The Balaban J connectivity index is 2.52. The van der Waals surface area contributed by atoms with Crippen molar-refractivity contribution in [2.24, 2.45) is 0 Å². The first-order valence-electron chi connectivity index (χ1n) is 4.15. The molecule has 13 heavy (non-hydrogen) atoms. The van der Waals surface area contributed by atoms with Crippen LogP contribution in [0.3, 0.4) is 0 Å². The van der Waals surface area contributed by atoms with Gasteiger partial charge < -0.3 is 5.53 Å². The van der Waals surface area contributed by atoms with E-state index in [1.807, 2.05) is 18.2 Å². The summed E-state index contributed by atoms with van der Waals surface area (Å²) < 4.78 is 0. The van der Waals surface area contributed by atoms with E-state index in [2.05, 4.69) is 4.79 Å². The van der Waals surface area contributed by atoms with Gasteiger partial charge >= 0.3 is 5.71 Å². The maximum Gasteiger partial charge on any atom is 0.343 e. The van der Waals surface area contributed by atoms with Gasteiger partial charge in [0.05, 0.1) is 6.42 Å². The topological polar surface area (TPSA) is 53.5 Å². The molecule has 0 heterocycles. The third kappa shape index (κ3) is 1.19. The third-order valence-corrected chi connectivity index (χ3v) is 2.25. The van der Waals surface area contributed by atoms with Crippen molar-refractivity contribution in [1.82, 2.24) is 0 Å². The second-order valence-corrected chi connectivity index (χ2v) is 3.02. The van der Waals surface area contributed by atoms with Crippen molar-refractivity contribution in [1.29, 1.82) is 0 Å². The van der Waals surface area contributed by atoms with Crippen LogP contribution in [0.4, 0.5) is 0 Å². The number of fused-ring (bicyclic) bond motifs is 1. The lowest BCUT2D eigenvalue weighted by molar-refractivity contribution is -0.114. The van der Waals surface area contributed by atoms with Gasteiger partial charge in [-0.1, -0.05) is 24.3 Å². The van der Waals surface area contributed by atoms with Crippen LogP contribution in [0, 0.1) is 0 Å². The van der Waals surface area contributed by atoms with Crippen LogP contribution in [-0.4, -0.2) is 16.3 Å². The third-order valence-electron chi connectivity index (χ3n) is 2.25. The maximum atomic E-state index is 11.6. The SMILES string of the molecule is [N-]=[N+]=C1CC=C2CC=CC=C2C1=O. The molecular weight excluding hydrogens is 164 g/mol. The minimum atomic E-state index is -0.149. The molecule has 0 radical (unpaired) electrons. The van der Waals surface area contributed by atoms with Gasteiger partial charge in [0, 0.05) is 5.57 Å². The monoisotopic (exact) mass is 172 g/mol.